The van der Waals surface area contributed by atoms with Gasteiger partial charge in [0, 0.05) is 42.0 Å². The molecule has 0 aliphatic carbocycles. The number of anilines is 1. The number of aryl methyl sites for hydroxylation is 2. The highest BCUT2D eigenvalue weighted by Crippen LogP contribution is 2.40. The molecule has 2 atom stereocenters. The number of hydrogen-bond donors (Lipinski definition) is 1. The maximum absolute atomic E-state index is 15.6. The molecule has 3 heterocycles. The summed E-state index contributed by atoms with van der Waals surface area (Å²) in [6, 6.07) is 8.95. The highest BCUT2D eigenvalue weighted by Gasteiger charge is 2.42. The van der Waals surface area contributed by atoms with Crippen molar-refractivity contribution >= 4 is 18.0 Å². The summed E-state index contributed by atoms with van der Waals surface area (Å²) in [7, 11) is 0. The molecule has 6 rings (SSSR count). The fourth-order valence-corrected chi connectivity index (χ4v) is 5.94. The zero-order chi connectivity index (χ0) is 33.8. The SMILES string of the molecule is Cc1cc([C@H]2OC(=O)N(Cc3nc(N4CCC4)ncc3-c3cc(-c4ccc(C(=O)O)cc4C)c(F)cc3F)[C@H]2C)cc(C(F)(F)F)c1. The minimum absolute atomic E-state index is 0.0106. The lowest BCUT2D eigenvalue weighted by Crippen LogP contribution is -2.39. The molecule has 13 heteroatoms. The fraction of sp³-hybridized carbons (Fsp3) is 0.294. The molecule has 0 spiro atoms. The molecule has 1 N–H and O–H groups in total. The van der Waals surface area contributed by atoms with E-state index in [4.69, 9.17) is 4.74 Å². The molecule has 2 saturated heterocycles. The Bertz CT molecular complexity index is 1910. The van der Waals surface area contributed by atoms with Gasteiger partial charge in [0.25, 0.3) is 0 Å². The van der Waals surface area contributed by atoms with Gasteiger partial charge in [0.1, 0.15) is 17.7 Å². The Morgan fingerprint density at radius 2 is 1.68 bits per heavy atom. The number of carboxylic acid groups (broad SMARTS) is 1. The Kier molecular flexibility index (Phi) is 8.10. The van der Waals surface area contributed by atoms with E-state index in [-0.39, 0.29) is 40.1 Å². The van der Waals surface area contributed by atoms with Crippen molar-refractivity contribution in [2.45, 2.75) is 52.1 Å². The Balaban J connectivity index is 1.40. The lowest BCUT2D eigenvalue weighted by Gasteiger charge is -2.31. The standard InChI is InChI=1S/C34H29F5N4O4/c1-17-9-21(12-22(10-17)34(37,38)39)30-19(3)43(33(46)47-30)16-29-26(15-40-32(41-29)42-7-4-8-42)25-13-24(27(35)14-28(25)36)23-6-5-20(31(44)45)11-18(23)2/h5-6,9-15,19,30H,4,7-8,16H2,1-3H3,(H,44,45)/t19-,30-/m0/s1. The summed E-state index contributed by atoms with van der Waals surface area (Å²) in [4.78, 5) is 36.9. The van der Waals surface area contributed by atoms with Crippen LogP contribution in [0.15, 0.2) is 54.7 Å². The van der Waals surface area contributed by atoms with Crippen LogP contribution in [0.25, 0.3) is 22.3 Å². The van der Waals surface area contributed by atoms with Crippen LogP contribution in [-0.4, -0.2) is 51.2 Å². The van der Waals surface area contributed by atoms with E-state index < -0.39 is 47.6 Å². The predicted molar refractivity (Wildman–Crippen MR) is 162 cm³/mol. The molecule has 0 bridgehead atoms. The molecular formula is C34H29F5N4O4. The maximum Gasteiger partial charge on any atom is 0.416 e. The summed E-state index contributed by atoms with van der Waals surface area (Å²) < 4.78 is 77.1. The van der Waals surface area contributed by atoms with Gasteiger partial charge in [-0.3, -0.25) is 4.90 Å². The first-order chi connectivity index (χ1) is 22.2. The minimum atomic E-state index is -4.59. The third kappa shape index (κ3) is 6.09. The molecule has 2 fully saturated rings. The van der Waals surface area contributed by atoms with Crippen LogP contribution in [0, 0.1) is 25.5 Å². The second-order valence-electron chi connectivity index (χ2n) is 11.8. The number of hydrogen-bond acceptors (Lipinski definition) is 6. The first-order valence-electron chi connectivity index (χ1n) is 14.8. The number of carbonyl (C=O) groups is 2. The van der Waals surface area contributed by atoms with Crippen LogP contribution >= 0.6 is 0 Å². The first kappa shape index (κ1) is 31.9. The predicted octanol–water partition coefficient (Wildman–Crippen LogP) is 7.71. The van der Waals surface area contributed by atoms with E-state index in [0.717, 1.165) is 24.6 Å². The summed E-state index contributed by atoms with van der Waals surface area (Å²) in [6.45, 7) is 5.96. The zero-order valence-electron chi connectivity index (χ0n) is 25.5. The molecule has 0 unspecified atom stereocenters. The summed E-state index contributed by atoms with van der Waals surface area (Å²) in [6.07, 6.45) is -4.08. The number of halogens is 5. The molecular weight excluding hydrogens is 623 g/mol. The van der Waals surface area contributed by atoms with E-state index in [1.807, 2.05) is 4.90 Å². The van der Waals surface area contributed by atoms with E-state index in [1.54, 1.807) is 13.8 Å². The average molecular weight is 653 g/mol. The fourth-order valence-electron chi connectivity index (χ4n) is 5.94. The summed E-state index contributed by atoms with van der Waals surface area (Å²) in [5.74, 6) is -2.58. The van der Waals surface area contributed by atoms with Crippen molar-refractivity contribution in [1.29, 1.82) is 0 Å². The second kappa shape index (κ2) is 11.9. The molecule has 2 aliphatic rings. The number of benzene rings is 3. The maximum atomic E-state index is 15.6. The third-order valence-corrected chi connectivity index (χ3v) is 8.57. The van der Waals surface area contributed by atoms with Crippen LogP contribution in [0.2, 0.25) is 0 Å². The van der Waals surface area contributed by atoms with E-state index in [1.165, 1.54) is 48.4 Å². The van der Waals surface area contributed by atoms with Crippen LogP contribution in [0.5, 0.6) is 0 Å². The number of cyclic esters (lactones) is 1. The van der Waals surface area contributed by atoms with Crippen molar-refractivity contribution < 1.29 is 41.4 Å². The van der Waals surface area contributed by atoms with E-state index in [2.05, 4.69) is 9.97 Å². The van der Waals surface area contributed by atoms with Crippen molar-refractivity contribution in [3.8, 4) is 22.3 Å². The zero-order valence-corrected chi connectivity index (χ0v) is 25.5. The van der Waals surface area contributed by atoms with Gasteiger partial charge in [0.15, 0.2) is 0 Å². The van der Waals surface area contributed by atoms with Crippen molar-refractivity contribution in [1.82, 2.24) is 14.9 Å². The Labute approximate surface area is 266 Å². The van der Waals surface area contributed by atoms with Gasteiger partial charge in [0.2, 0.25) is 5.95 Å². The van der Waals surface area contributed by atoms with Gasteiger partial charge in [-0.1, -0.05) is 17.7 Å². The molecule has 3 aromatic carbocycles. The van der Waals surface area contributed by atoms with Crippen molar-refractivity contribution in [2.24, 2.45) is 0 Å². The lowest BCUT2D eigenvalue weighted by atomic mass is 9.94. The van der Waals surface area contributed by atoms with Gasteiger partial charge in [-0.05, 0) is 74.2 Å². The van der Waals surface area contributed by atoms with Crippen molar-refractivity contribution in [2.75, 3.05) is 18.0 Å². The number of alkyl halides is 3. The Morgan fingerprint density at radius 3 is 2.30 bits per heavy atom. The van der Waals surface area contributed by atoms with Crippen LogP contribution in [0.3, 0.4) is 0 Å². The normalized spacial score (nSPS) is 17.9. The second-order valence-corrected chi connectivity index (χ2v) is 11.8. The quantitative estimate of drug-likeness (QED) is 0.204. The minimum Gasteiger partial charge on any atom is -0.478 e. The molecule has 1 aromatic heterocycles. The van der Waals surface area contributed by atoms with Crippen LogP contribution in [-0.2, 0) is 17.5 Å². The number of amides is 1. The third-order valence-electron chi connectivity index (χ3n) is 8.57. The molecule has 4 aromatic rings. The number of aromatic nitrogens is 2. The Morgan fingerprint density at radius 1 is 0.979 bits per heavy atom. The van der Waals surface area contributed by atoms with Gasteiger partial charge in [-0.2, -0.15) is 13.2 Å². The van der Waals surface area contributed by atoms with Crippen molar-refractivity contribution in [3.05, 3.63) is 99.9 Å². The largest absolute Gasteiger partial charge is 0.478 e. The van der Waals surface area contributed by atoms with Crippen LogP contribution in [0.4, 0.5) is 32.7 Å². The molecule has 2 aliphatic heterocycles. The van der Waals surface area contributed by atoms with Gasteiger partial charge in [0.05, 0.1) is 29.4 Å². The Hall–Kier alpha value is -5.07. The number of carbonyl (C=O) groups excluding carboxylic acids is 1. The molecule has 47 heavy (non-hydrogen) atoms. The van der Waals surface area contributed by atoms with Gasteiger partial charge >= 0.3 is 18.2 Å². The molecule has 8 nitrogen and oxygen atoms in total. The lowest BCUT2D eigenvalue weighted by molar-refractivity contribution is -0.137. The highest BCUT2D eigenvalue weighted by molar-refractivity contribution is 5.89. The number of rotatable bonds is 7. The topological polar surface area (TPSA) is 95.9 Å². The number of ether oxygens (including phenoxy) is 1. The molecule has 0 radical (unpaired) electrons. The van der Waals surface area contributed by atoms with E-state index in [9.17, 15) is 27.9 Å². The summed E-state index contributed by atoms with van der Waals surface area (Å²) in [5, 5.41) is 9.34. The van der Waals surface area contributed by atoms with E-state index >= 15 is 8.78 Å². The number of carboxylic acids is 1. The smallest absolute Gasteiger partial charge is 0.416 e. The van der Waals surface area contributed by atoms with Crippen molar-refractivity contribution in [3.63, 3.8) is 0 Å². The first-order valence-corrected chi connectivity index (χ1v) is 14.8. The van der Waals surface area contributed by atoms with Crippen LogP contribution in [0.1, 0.15) is 57.8 Å². The van der Waals surface area contributed by atoms with Gasteiger partial charge in [-0.15, -0.1) is 0 Å². The average Bonchev–Trinajstić information content (AvgIpc) is 3.25. The highest BCUT2D eigenvalue weighted by atomic mass is 19.4. The molecule has 0 saturated carbocycles. The summed E-state index contributed by atoms with van der Waals surface area (Å²) in [5.41, 5.74) is 0.846. The summed E-state index contributed by atoms with van der Waals surface area (Å²) >= 11 is 0. The monoisotopic (exact) mass is 652 g/mol. The number of aromatic carboxylic acids is 1. The van der Waals surface area contributed by atoms with Gasteiger partial charge in [-0.25, -0.2) is 28.3 Å². The molecule has 244 valence electrons. The van der Waals surface area contributed by atoms with Gasteiger partial charge < -0.3 is 14.7 Å². The number of nitrogens with zero attached hydrogens (tertiary/aromatic N) is 4. The van der Waals surface area contributed by atoms with Crippen LogP contribution < -0.4 is 4.90 Å². The molecule has 1 amide bonds. The van der Waals surface area contributed by atoms with E-state index in [0.29, 0.717) is 35.7 Å².